The molecule has 0 saturated carbocycles. The summed E-state index contributed by atoms with van der Waals surface area (Å²) >= 11 is 0.859. The molecule has 2 aromatic rings. The van der Waals surface area contributed by atoms with Crippen molar-refractivity contribution in [1.29, 1.82) is 0 Å². The zero-order valence-corrected chi connectivity index (χ0v) is 13.1. The Morgan fingerprint density at radius 2 is 2.04 bits per heavy atom. The van der Waals surface area contributed by atoms with Crippen LogP contribution >= 0.6 is 11.3 Å². The summed E-state index contributed by atoms with van der Waals surface area (Å²) in [6.07, 6.45) is -2.10. The van der Waals surface area contributed by atoms with E-state index in [1.807, 2.05) is 0 Å². The first-order chi connectivity index (χ1) is 11.3. The summed E-state index contributed by atoms with van der Waals surface area (Å²) in [5, 5.41) is 6.65. The Morgan fingerprint density at radius 1 is 1.33 bits per heavy atom. The molecule has 0 fully saturated rings. The average molecular weight is 368 g/mol. The van der Waals surface area contributed by atoms with Crippen LogP contribution in [0, 0.1) is 0 Å². The maximum absolute atomic E-state index is 12.7. The van der Waals surface area contributed by atoms with Crippen LogP contribution in [0.5, 0.6) is 0 Å². The molecule has 0 bridgehead atoms. The van der Waals surface area contributed by atoms with Crippen LogP contribution in [-0.4, -0.2) is 27.5 Å². The minimum atomic E-state index is -4.49. The normalized spacial score (nSPS) is 12.7. The summed E-state index contributed by atoms with van der Waals surface area (Å²) in [6.45, 7) is -2.72. The van der Waals surface area contributed by atoms with Gasteiger partial charge in [0.15, 0.2) is 11.7 Å². The molecule has 0 aromatic carbocycles. The van der Waals surface area contributed by atoms with Gasteiger partial charge in [-0.05, 0) is 0 Å². The number of alkyl halides is 5. The van der Waals surface area contributed by atoms with E-state index in [0.717, 1.165) is 22.9 Å². The predicted octanol–water partition coefficient (Wildman–Crippen LogP) is 2.62. The van der Waals surface area contributed by atoms with Crippen molar-refractivity contribution in [3.05, 3.63) is 34.3 Å². The molecule has 0 radical (unpaired) electrons. The van der Waals surface area contributed by atoms with Gasteiger partial charge in [-0.15, -0.1) is 11.3 Å². The van der Waals surface area contributed by atoms with Gasteiger partial charge in [0.2, 0.25) is 0 Å². The summed E-state index contributed by atoms with van der Waals surface area (Å²) in [5.41, 5.74) is -0.953. The van der Waals surface area contributed by atoms with Crippen LogP contribution in [0.25, 0.3) is 0 Å². The molecule has 2 rings (SSSR count). The van der Waals surface area contributed by atoms with Gasteiger partial charge in [0.1, 0.15) is 10.8 Å². The number of aliphatic imine (C=N–C) groups is 1. The van der Waals surface area contributed by atoms with Crippen LogP contribution in [0.1, 0.15) is 23.1 Å². The Labute approximate surface area is 137 Å². The molecule has 12 heteroatoms. The third kappa shape index (κ3) is 4.63. The second-order valence-electron chi connectivity index (χ2n) is 4.43. The molecule has 0 unspecified atom stereocenters. The van der Waals surface area contributed by atoms with Crippen molar-refractivity contribution in [1.82, 2.24) is 25.2 Å². The average Bonchev–Trinajstić information content (AvgIpc) is 3.15. The molecular weight excluding hydrogens is 355 g/mol. The largest absolute Gasteiger partial charge is 0.434 e. The fourth-order valence-electron chi connectivity index (χ4n) is 1.72. The third-order valence-electron chi connectivity index (χ3n) is 2.85. The third-order valence-corrected chi connectivity index (χ3v) is 3.69. The lowest BCUT2D eigenvalue weighted by Crippen LogP contribution is -2.37. The van der Waals surface area contributed by atoms with Gasteiger partial charge in [0, 0.05) is 24.8 Å². The number of guanidine groups is 1. The van der Waals surface area contributed by atoms with Crippen LogP contribution in [0.3, 0.4) is 0 Å². The van der Waals surface area contributed by atoms with E-state index < -0.39 is 18.4 Å². The molecule has 0 atom stereocenters. The van der Waals surface area contributed by atoms with Gasteiger partial charge in [-0.1, -0.05) is 0 Å². The van der Waals surface area contributed by atoms with Crippen molar-refractivity contribution in [2.45, 2.75) is 25.8 Å². The summed E-state index contributed by atoms with van der Waals surface area (Å²) < 4.78 is 63.5. The molecule has 0 aliphatic rings. The standard InChI is InChI=1S/C12H13F5N6S/c1-18-11(20-4-8-19-2-3-23(8)10(13)14)21-5-9-22-7(6-24-9)12(15,16)17/h2-3,6,10H,4-5H2,1H3,(H2,18,20,21). The van der Waals surface area contributed by atoms with Crippen LogP contribution in [-0.2, 0) is 19.3 Å². The molecule has 2 N–H and O–H groups in total. The van der Waals surface area contributed by atoms with Gasteiger partial charge in [0.05, 0.1) is 13.1 Å². The van der Waals surface area contributed by atoms with Crippen molar-refractivity contribution < 1.29 is 22.0 Å². The molecule has 0 amide bonds. The van der Waals surface area contributed by atoms with Crippen LogP contribution < -0.4 is 10.6 Å². The number of nitrogens with zero attached hydrogens (tertiary/aromatic N) is 4. The van der Waals surface area contributed by atoms with Gasteiger partial charge in [-0.2, -0.15) is 22.0 Å². The molecule has 0 spiro atoms. The lowest BCUT2D eigenvalue weighted by molar-refractivity contribution is -0.140. The minimum absolute atomic E-state index is 0.0176. The first-order valence-electron chi connectivity index (χ1n) is 6.57. The number of rotatable bonds is 5. The quantitative estimate of drug-likeness (QED) is 0.484. The predicted molar refractivity (Wildman–Crippen MR) is 77.6 cm³/mol. The zero-order chi connectivity index (χ0) is 17.7. The Hall–Kier alpha value is -2.24. The molecular formula is C12H13F5N6S. The topological polar surface area (TPSA) is 67.1 Å². The van der Waals surface area contributed by atoms with Crippen molar-refractivity contribution >= 4 is 17.3 Å². The van der Waals surface area contributed by atoms with Crippen LogP contribution in [0.2, 0.25) is 0 Å². The highest BCUT2D eigenvalue weighted by atomic mass is 32.1. The number of hydrogen-bond donors (Lipinski definition) is 2. The summed E-state index contributed by atoms with van der Waals surface area (Å²) in [6, 6.07) is 0. The van der Waals surface area contributed by atoms with Gasteiger partial charge in [-0.3, -0.25) is 9.56 Å². The second kappa shape index (κ2) is 7.55. The fraction of sp³-hybridized carbons (Fsp3) is 0.417. The van der Waals surface area contributed by atoms with Gasteiger partial charge in [-0.25, -0.2) is 9.97 Å². The van der Waals surface area contributed by atoms with Crippen molar-refractivity contribution in [2.24, 2.45) is 4.99 Å². The van der Waals surface area contributed by atoms with E-state index in [1.165, 1.54) is 13.2 Å². The van der Waals surface area contributed by atoms with Gasteiger partial charge < -0.3 is 10.6 Å². The maximum Gasteiger partial charge on any atom is 0.434 e. The number of hydrogen-bond acceptors (Lipinski definition) is 4. The zero-order valence-electron chi connectivity index (χ0n) is 12.3. The van der Waals surface area contributed by atoms with Gasteiger partial charge >= 0.3 is 12.7 Å². The lowest BCUT2D eigenvalue weighted by Gasteiger charge is -2.11. The maximum atomic E-state index is 12.7. The van der Waals surface area contributed by atoms with Crippen molar-refractivity contribution in [2.75, 3.05) is 7.05 Å². The Balaban J connectivity index is 1.89. The first-order valence-corrected chi connectivity index (χ1v) is 7.45. The molecule has 0 aliphatic carbocycles. The first kappa shape index (κ1) is 18.1. The molecule has 0 saturated heterocycles. The molecule has 6 nitrogen and oxygen atoms in total. The molecule has 2 aromatic heterocycles. The number of nitrogens with one attached hydrogen (secondary N) is 2. The molecule has 24 heavy (non-hydrogen) atoms. The monoisotopic (exact) mass is 368 g/mol. The highest BCUT2D eigenvalue weighted by Crippen LogP contribution is 2.29. The summed E-state index contributed by atoms with van der Waals surface area (Å²) in [5.74, 6) is 0.323. The highest BCUT2D eigenvalue weighted by molar-refractivity contribution is 7.09. The smallest absolute Gasteiger partial charge is 0.350 e. The second-order valence-corrected chi connectivity index (χ2v) is 5.37. The molecule has 132 valence electrons. The van der Waals surface area contributed by atoms with Crippen LogP contribution in [0.15, 0.2) is 22.8 Å². The summed E-state index contributed by atoms with van der Waals surface area (Å²) in [7, 11) is 1.44. The number of thiazole rings is 1. The Morgan fingerprint density at radius 3 is 2.62 bits per heavy atom. The van der Waals surface area contributed by atoms with E-state index in [0.29, 0.717) is 4.57 Å². The molecule has 2 heterocycles. The van der Waals surface area contributed by atoms with E-state index in [2.05, 4.69) is 25.6 Å². The molecule has 0 aliphatic heterocycles. The highest BCUT2D eigenvalue weighted by Gasteiger charge is 2.33. The fourth-order valence-corrected chi connectivity index (χ4v) is 2.46. The van der Waals surface area contributed by atoms with E-state index in [-0.39, 0.29) is 29.9 Å². The van der Waals surface area contributed by atoms with Crippen molar-refractivity contribution in [3.63, 3.8) is 0 Å². The summed E-state index contributed by atoms with van der Waals surface area (Å²) in [4.78, 5) is 11.1. The van der Waals surface area contributed by atoms with E-state index in [9.17, 15) is 22.0 Å². The number of aromatic nitrogens is 3. The van der Waals surface area contributed by atoms with E-state index in [1.54, 1.807) is 0 Å². The SMILES string of the molecule is CN=C(NCc1nc(C(F)(F)F)cs1)NCc1nccn1C(F)F. The van der Waals surface area contributed by atoms with E-state index in [4.69, 9.17) is 0 Å². The minimum Gasteiger partial charge on any atom is -0.350 e. The number of halogens is 5. The van der Waals surface area contributed by atoms with E-state index >= 15 is 0 Å². The number of imidazole rings is 1. The Kier molecular flexibility index (Phi) is 5.70. The van der Waals surface area contributed by atoms with Gasteiger partial charge in [0.25, 0.3) is 0 Å². The van der Waals surface area contributed by atoms with Crippen molar-refractivity contribution in [3.8, 4) is 0 Å². The Bertz CT molecular complexity index is 692. The lowest BCUT2D eigenvalue weighted by atomic mass is 10.5. The van der Waals surface area contributed by atoms with Crippen LogP contribution in [0.4, 0.5) is 22.0 Å².